The van der Waals surface area contributed by atoms with Gasteiger partial charge in [0.2, 0.25) is 0 Å². The maximum Gasteiger partial charge on any atom is 0.140 e. The van der Waals surface area contributed by atoms with Gasteiger partial charge in [-0.05, 0) is 19.1 Å². The van der Waals surface area contributed by atoms with Gasteiger partial charge in [0.05, 0.1) is 12.3 Å². The topological polar surface area (TPSA) is 66.7 Å². The first kappa shape index (κ1) is 15.2. The molecule has 0 atom stereocenters. The van der Waals surface area contributed by atoms with Crippen LogP contribution in [0, 0.1) is 5.41 Å². The minimum Gasteiger partial charge on any atom is -0.491 e. The van der Waals surface area contributed by atoms with Gasteiger partial charge in [0.15, 0.2) is 0 Å². The summed E-state index contributed by atoms with van der Waals surface area (Å²) in [6.45, 7) is 3.73. The predicted molar refractivity (Wildman–Crippen MR) is 91.0 cm³/mol. The zero-order valence-electron chi connectivity index (χ0n) is 13.0. The highest BCUT2D eigenvalue weighted by molar-refractivity contribution is 6.24. The molecule has 0 saturated carbocycles. The molecule has 118 valence electrons. The van der Waals surface area contributed by atoms with Gasteiger partial charge in [0.25, 0.3) is 0 Å². The maximum atomic E-state index is 7.97. The van der Waals surface area contributed by atoms with Crippen LogP contribution in [0.25, 0.3) is 0 Å². The van der Waals surface area contributed by atoms with Gasteiger partial charge in [-0.2, -0.15) is 0 Å². The number of hydrogen-bond donors (Lipinski definition) is 2. The summed E-state index contributed by atoms with van der Waals surface area (Å²) in [6, 6.07) is 15.3. The minimum absolute atomic E-state index is 0.378. The molecule has 0 unspecified atom stereocenters. The van der Waals surface area contributed by atoms with Crippen LogP contribution in [0.3, 0.4) is 0 Å². The zero-order chi connectivity index (χ0) is 16.1. The molecule has 1 aliphatic rings. The maximum absolute atomic E-state index is 7.97. The van der Waals surface area contributed by atoms with E-state index in [9.17, 15) is 0 Å². The van der Waals surface area contributed by atoms with Gasteiger partial charge in [-0.3, -0.25) is 5.41 Å². The van der Waals surface area contributed by atoms with Crippen molar-refractivity contribution in [2.45, 2.75) is 6.92 Å². The average Bonchev–Trinajstić information content (AvgIpc) is 2.89. The van der Waals surface area contributed by atoms with Crippen LogP contribution in [-0.2, 0) is 4.74 Å². The van der Waals surface area contributed by atoms with Crippen LogP contribution < -0.4 is 10.1 Å². The number of aliphatic imine (C=N–C) groups is 1. The summed E-state index contributed by atoms with van der Waals surface area (Å²) in [5.74, 6) is 1.83. The molecule has 2 aromatic carbocycles. The molecule has 0 saturated heterocycles. The third-order valence-electron chi connectivity index (χ3n) is 3.45. The second kappa shape index (κ2) is 7.07. The highest BCUT2D eigenvalue weighted by atomic mass is 16.5. The van der Waals surface area contributed by atoms with Crippen molar-refractivity contribution in [1.82, 2.24) is 5.32 Å². The molecule has 0 spiro atoms. The Morgan fingerprint density at radius 2 is 1.87 bits per heavy atom. The number of nitrogens with zero attached hydrogens (tertiary/aromatic N) is 1. The molecular weight excluding hydrogens is 290 g/mol. The number of benzene rings is 2. The van der Waals surface area contributed by atoms with Gasteiger partial charge in [0, 0.05) is 23.8 Å². The van der Waals surface area contributed by atoms with Crippen molar-refractivity contribution in [1.29, 1.82) is 5.41 Å². The summed E-state index contributed by atoms with van der Waals surface area (Å²) < 4.78 is 10.9. The van der Waals surface area contributed by atoms with E-state index in [1.165, 1.54) is 0 Å². The molecule has 2 N–H and O–H groups in total. The Kier molecular flexibility index (Phi) is 4.68. The highest BCUT2D eigenvalue weighted by Crippen LogP contribution is 2.23. The molecule has 0 aliphatic carbocycles. The van der Waals surface area contributed by atoms with Gasteiger partial charge in [-0.15, -0.1) is 0 Å². The molecular formula is C18H19N3O2. The quantitative estimate of drug-likeness (QED) is 0.806. The van der Waals surface area contributed by atoms with E-state index < -0.39 is 0 Å². The molecule has 1 heterocycles. The van der Waals surface area contributed by atoms with Crippen LogP contribution in [0.4, 0.5) is 5.69 Å². The van der Waals surface area contributed by atoms with Gasteiger partial charge < -0.3 is 14.8 Å². The first-order valence-corrected chi connectivity index (χ1v) is 7.62. The van der Waals surface area contributed by atoms with Crippen molar-refractivity contribution in [2.24, 2.45) is 4.99 Å². The first-order chi connectivity index (χ1) is 11.3. The van der Waals surface area contributed by atoms with Crippen LogP contribution in [0.5, 0.6) is 5.75 Å². The second-order valence-corrected chi connectivity index (χ2v) is 5.05. The van der Waals surface area contributed by atoms with Crippen LogP contribution in [0.2, 0.25) is 0 Å². The Bertz CT molecular complexity index is 741. The molecule has 0 amide bonds. The molecule has 23 heavy (non-hydrogen) atoms. The fraction of sp³-hybridized carbons (Fsp3) is 0.222. The van der Waals surface area contributed by atoms with E-state index in [1.807, 2.05) is 55.5 Å². The highest BCUT2D eigenvalue weighted by Gasteiger charge is 2.21. The Balaban J connectivity index is 1.77. The number of nitrogens with one attached hydrogen (secondary N) is 2. The predicted octanol–water partition coefficient (Wildman–Crippen LogP) is 3.11. The van der Waals surface area contributed by atoms with E-state index in [0.717, 1.165) is 22.6 Å². The molecule has 0 aromatic heterocycles. The number of hydrogen-bond acceptors (Lipinski definition) is 4. The molecule has 0 fully saturated rings. The van der Waals surface area contributed by atoms with Gasteiger partial charge >= 0.3 is 0 Å². The van der Waals surface area contributed by atoms with Crippen molar-refractivity contribution in [3.63, 3.8) is 0 Å². The van der Waals surface area contributed by atoms with Gasteiger partial charge in [0.1, 0.15) is 24.0 Å². The molecule has 5 nitrogen and oxygen atoms in total. The van der Waals surface area contributed by atoms with E-state index in [2.05, 4.69) is 10.3 Å². The number of fused-ring (bicyclic) bond motifs is 1. The van der Waals surface area contributed by atoms with Gasteiger partial charge in [-0.25, -0.2) is 4.99 Å². The van der Waals surface area contributed by atoms with Crippen molar-refractivity contribution in [2.75, 3.05) is 19.8 Å². The SMILES string of the molecule is CCOCCOc1cccc(N=C2NC(=N)c3ccccc32)c1. The van der Waals surface area contributed by atoms with E-state index in [0.29, 0.717) is 31.5 Å². The summed E-state index contributed by atoms with van der Waals surface area (Å²) >= 11 is 0. The second-order valence-electron chi connectivity index (χ2n) is 5.05. The lowest BCUT2D eigenvalue weighted by molar-refractivity contribution is 0.110. The Labute approximate surface area is 135 Å². The van der Waals surface area contributed by atoms with Gasteiger partial charge in [-0.1, -0.05) is 30.3 Å². The first-order valence-electron chi connectivity index (χ1n) is 7.62. The van der Waals surface area contributed by atoms with Crippen LogP contribution in [-0.4, -0.2) is 31.5 Å². The standard InChI is InChI=1S/C18H19N3O2/c1-2-22-10-11-23-14-7-5-6-13(12-14)20-18-16-9-4-3-8-15(16)17(19)21-18/h3-9,12H,2,10-11H2,1H3,(H2,19,20,21). The number of rotatable bonds is 6. The van der Waals surface area contributed by atoms with Crippen molar-refractivity contribution < 1.29 is 9.47 Å². The van der Waals surface area contributed by atoms with Crippen molar-refractivity contribution in [3.8, 4) is 5.75 Å². The van der Waals surface area contributed by atoms with Crippen LogP contribution in [0.15, 0.2) is 53.5 Å². The fourth-order valence-corrected chi connectivity index (χ4v) is 2.38. The molecule has 1 aliphatic heterocycles. The summed E-state index contributed by atoms with van der Waals surface area (Å²) in [5.41, 5.74) is 2.60. The fourth-order valence-electron chi connectivity index (χ4n) is 2.38. The van der Waals surface area contributed by atoms with E-state index >= 15 is 0 Å². The molecule has 0 radical (unpaired) electrons. The van der Waals surface area contributed by atoms with E-state index in [-0.39, 0.29) is 0 Å². The molecule has 0 bridgehead atoms. The molecule has 5 heteroatoms. The monoisotopic (exact) mass is 309 g/mol. The lowest BCUT2D eigenvalue weighted by Crippen LogP contribution is -2.21. The van der Waals surface area contributed by atoms with Crippen LogP contribution >= 0.6 is 0 Å². The third kappa shape index (κ3) is 3.57. The van der Waals surface area contributed by atoms with Crippen molar-refractivity contribution in [3.05, 3.63) is 59.7 Å². The summed E-state index contributed by atoms with van der Waals surface area (Å²) in [4.78, 5) is 4.61. The largest absolute Gasteiger partial charge is 0.491 e. The third-order valence-corrected chi connectivity index (χ3v) is 3.45. The Hall–Kier alpha value is -2.66. The summed E-state index contributed by atoms with van der Waals surface area (Å²) in [5, 5.41) is 11.0. The lowest BCUT2D eigenvalue weighted by Gasteiger charge is -2.07. The smallest absolute Gasteiger partial charge is 0.140 e. The number of amidine groups is 2. The zero-order valence-corrected chi connectivity index (χ0v) is 13.0. The van der Waals surface area contributed by atoms with E-state index in [1.54, 1.807) is 0 Å². The Morgan fingerprint density at radius 3 is 2.70 bits per heavy atom. The number of ether oxygens (including phenoxy) is 2. The van der Waals surface area contributed by atoms with Crippen LogP contribution in [0.1, 0.15) is 18.1 Å². The Morgan fingerprint density at radius 1 is 1.04 bits per heavy atom. The summed E-state index contributed by atoms with van der Waals surface area (Å²) in [7, 11) is 0. The summed E-state index contributed by atoms with van der Waals surface area (Å²) in [6.07, 6.45) is 0. The normalized spacial score (nSPS) is 14.7. The lowest BCUT2D eigenvalue weighted by atomic mass is 10.1. The minimum atomic E-state index is 0.378. The van der Waals surface area contributed by atoms with E-state index in [4.69, 9.17) is 14.9 Å². The molecule has 2 aromatic rings. The van der Waals surface area contributed by atoms with Crippen molar-refractivity contribution >= 4 is 17.4 Å². The molecule has 3 rings (SSSR count). The average molecular weight is 309 g/mol.